The second kappa shape index (κ2) is 5.01. The highest BCUT2D eigenvalue weighted by Crippen LogP contribution is 2.15. The average molecular weight is 231 g/mol. The first-order valence-corrected chi connectivity index (χ1v) is 5.61. The van der Waals surface area contributed by atoms with E-state index in [-0.39, 0.29) is 6.04 Å². The minimum absolute atomic E-state index is 0.0124. The minimum Gasteiger partial charge on any atom is -0.497 e. The predicted octanol–water partition coefficient (Wildman–Crippen LogP) is 2.03. The van der Waals surface area contributed by atoms with E-state index in [2.05, 4.69) is 16.0 Å². The molecule has 1 aromatic heterocycles. The quantitative estimate of drug-likeness (QED) is 0.846. The van der Waals surface area contributed by atoms with Crippen LogP contribution >= 0.6 is 0 Å². The van der Waals surface area contributed by atoms with Gasteiger partial charge in [0, 0.05) is 18.7 Å². The molecule has 2 aromatic rings. The Kier molecular flexibility index (Phi) is 3.44. The lowest BCUT2D eigenvalue weighted by atomic mass is 10.1. The second-order valence-corrected chi connectivity index (χ2v) is 4.10. The van der Waals surface area contributed by atoms with E-state index in [9.17, 15) is 0 Å². The molecule has 2 rings (SSSR count). The average Bonchev–Trinajstić information content (AvgIpc) is 2.78. The molecule has 0 aliphatic rings. The number of nitrogens with two attached hydrogens (primary N) is 1. The SMILES string of the molecule is COc1cccc(Cc2ncc(C(C)N)[nH]2)c1. The monoisotopic (exact) mass is 231 g/mol. The molecule has 0 fully saturated rings. The number of methoxy groups -OCH3 is 1. The number of aromatic nitrogens is 2. The van der Waals surface area contributed by atoms with Crippen molar-refractivity contribution in [3.8, 4) is 5.75 Å². The standard InChI is InChI=1S/C13H17N3O/c1-9(14)12-8-15-13(16-12)7-10-4-3-5-11(6-10)17-2/h3-6,8-9H,7,14H2,1-2H3,(H,15,16). The third-order valence-corrected chi connectivity index (χ3v) is 2.64. The third kappa shape index (κ3) is 2.85. The Balaban J connectivity index is 2.13. The van der Waals surface area contributed by atoms with E-state index in [1.165, 1.54) is 0 Å². The molecule has 0 aliphatic carbocycles. The van der Waals surface area contributed by atoms with Crippen molar-refractivity contribution in [1.29, 1.82) is 0 Å². The number of ether oxygens (including phenoxy) is 1. The fraction of sp³-hybridized carbons (Fsp3) is 0.308. The molecule has 4 nitrogen and oxygen atoms in total. The highest BCUT2D eigenvalue weighted by atomic mass is 16.5. The number of imidazole rings is 1. The molecule has 0 aliphatic heterocycles. The topological polar surface area (TPSA) is 63.9 Å². The molecule has 0 spiro atoms. The largest absolute Gasteiger partial charge is 0.497 e. The number of H-pyrrole nitrogens is 1. The lowest BCUT2D eigenvalue weighted by Gasteiger charge is -2.03. The van der Waals surface area contributed by atoms with Crippen molar-refractivity contribution >= 4 is 0 Å². The fourth-order valence-electron chi connectivity index (χ4n) is 1.68. The summed E-state index contributed by atoms with van der Waals surface area (Å²) >= 11 is 0. The number of nitrogens with one attached hydrogen (secondary N) is 1. The normalized spacial score (nSPS) is 12.4. The van der Waals surface area contributed by atoms with Gasteiger partial charge in [0.05, 0.1) is 12.8 Å². The number of hydrogen-bond acceptors (Lipinski definition) is 3. The molecule has 17 heavy (non-hydrogen) atoms. The molecule has 3 N–H and O–H groups in total. The lowest BCUT2D eigenvalue weighted by Crippen LogP contribution is -2.05. The van der Waals surface area contributed by atoms with Crippen molar-refractivity contribution in [2.75, 3.05) is 7.11 Å². The van der Waals surface area contributed by atoms with Crippen LogP contribution in [0.4, 0.5) is 0 Å². The van der Waals surface area contributed by atoms with Crippen LogP contribution in [-0.4, -0.2) is 17.1 Å². The van der Waals surface area contributed by atoms with E-state index < -0.39 is 0 Å². The van der Waals surface area contributed by atoms with Gasteiger partial charge in [-0.15, -0.1) is 0 Å². The molecule has 0 saturated carbocycles. The van der Waals surface area contributed by atoms with Gasteiger partial charge in [-0.1, -0.05) is 12.1 Å². The van der Waals surface area contributed by atoms with Crippen LogP contribution in [0.5, 0.6) is 5.75 Å². The maximum absolute atomic E-state index is 5.77. The Bertz CT molecular complexity index is 491. The van der Waals surface area contributed by atoms with Crippen LogP contribution in [0.3, 0.4) is 0 Å². The Morgan fingerprint density at radius 3 is 2.94 bits per heavy atom. The van der Waals surface area contributed by atoms with Crippen molar-refractivity contribution in [2.24, 2.45) is 5.73 Å². The number of aromatic amines is 1. The van der Waals surface area contributed by atoms with Crippen LogP contribution in [0.2, 0.25) is 0 Å². The van der Waals surface area contributed by atoms with Crippen LogP contribution in [0, 0.1) is 0 Å². The molecule has 4 heteroatoms. The highest BCUT2D eigenvalue weighted by molar-refractivity contribution is 5.30. The Morgan fingerprint density at radius 1 is 1.47 bits per heavy atom. The van der Waals surface area contributed by atoms with Gasteiger partial charge in [-0.25, -0.2) is 4.98 Å². The van der Waals surface area contributed by atoms with Gasteiger partial charge >= 0.3 is 0 Å². The van der Waals surface area contributed by atoms with Gasteiger partial charge in [0.25, 0.3) is 0 Å². The van der Waals surface area contributed by atoms with Gasteiger partial charge in [-0.2, -0.15) is 0 Å². The molecule has 0 saturated heterocycles. The first kappa shape index (κ1) is 11.7. The fourth-order valence-corrected chi connectivity index (χ4v) is 1.68. The summed E-state index contributed by atoms with van der Waals surface area (Å²) in [6.07, 6.45) is 2.55. The maximum Gasteiger partial charge on any atom is 0.119 e. The van der Waals surface area contributed by atoms with Crippen LogP contribution in [0.1, 0.15) is 30.0 Å². The van der Waals surface area contributed by atoms with Crippen LogP contribution in [0.15, 0.2) is 30.5 Å². The molecule has 90 valence electrons. The summed E-state index contributed by atoms with van der Waals surface area (Å²) in [6.45, 7) is 1.93. The van der Waals surface area contributed by atoms with Gasteiger partial charge in [0.15, 0.2) is 0 Å². The molecule has 0 amide bonds. The minimum atomic E-state index is -0.0124. The summed E-state index contributed by atoms with van der Waals surface area (Å²) in [5.74, 6) is 1.78. The highest BCUT2D eigenvalue weighted by Gasteiger charge is 2.05. The van der Waals surface area contributed by atoms with Crippen LogP contribution in [0.25, 0.3) is 0 Å². The van der Waals surface area contributed by atoms with Crippen LogP contribution < -0.4 is 10.5 Å². The zero-order valence-corrected chi connectivity index (χ0v) is 10.1. The first-order chi connectivity index (χ1) is 8.19. The number of benzene rings is 1. The van der Waals surface area contributed by atoms with E-state index in [0.717, 1.165) is 29.3 Å². The number of nitrogens with zero attached hydrogens (tertiary/aromatic N) is 1. The van der Waals surface area contributed by atoms with Gasteiger partial charge in [-0.3, -0.25) is 0 Å². The zero-order chi connectivity index (χ0) is 12.3. The van der Waals surface area contributed by atoms with Crippen molar-refractivity contribution < 1.29 is 4.74 Å². The Labute approximate surface area is 101 Å². The van der Waals surface area contributed by atoms with E-state index in [0.29, 0.717) is 0 Å². The van der Waals surface area contributed by atoms with Crippen LogP contribution in [-0.2, 0) is 6.42 Å². The molecule has 1 atom stereocenters. The summed E-state index contributed by atoms with van der Waals surface area (Å²) in [6, 6.07) is 7.95. The van der Waals surface area contributed by atoms with Gasteiger partial charge in [-0.05, 0) is 24.6 Å². The second-order valence-electron chi connectivity index (χ2n) is 4.10. The summed E-state index contributed by atoms with van der Waals surface area (Å²) in [7, 11) is 1.67. The van der Waals surface area contributed by atoms with Gasteiger partial charge in [0.2, 0.25) is 0 Å². The smallest absolute Gasteiger partial charge is 0.119 e. The summed E-state index contributed by atoms with van der Waals surface area (Å²) in [5.41, 5.74) is 7.90. The summed E-state index contributed by atoms with van der Waals surface area (Å²) in [4.78, 5) is 7.53. The van der Waals surface area contributed by atoms with Gasteiger partial charge < -0.3 is 15.5 Å². The first-order valence-electron chi connectivity index (χ1n) is 5.61. The molecular formula is C13H17N3O. The molecule has 0 radical (unpaired) electrons. The summed E-state index contributed by atoms with van der Waals surface area (Å²) in [5, 5.41) is 0. The van der Waals surface area contributed by atoms with Crippen molar-refractivity contribution in [2.45, 2.75) is 19.4 Å². The van der Waals surface area contributed by atoms with E-state index in [1.54, 1.807) is 13.3 Å². The third-order valence-electron chi connectivity index (χ3n) is 2.64. The molecular weight excluding hydrogens is 214 g/mol. The molecule has 0 bridgehead atoms. The zero-order valence-electron chi connectivity index (χ0n) is 10.1. The molecule has 1 heterocycles. The van der Waals surface area contributed by atoms with Gasteiger partial charge in [0.1, 0.15) is 11.6 Å². The lowest BCUT2D eigenvalue weighted by molar-refractivity contribution is 0.414. The van der Waals surface area contributed by atoms with Crippen molar-refractivity contribution in [3.05, 3.63) is 47.5 Å². The van der Waals surface area contributed by atoms with E-state index in [1.807, 2.05) is 25.1 Å². The Hall–Kier alpha value is -1.81. The maximum atomic E-state index is 5.77. The van der Waals surface area contributed by atoms with Crippen molar-refractivity contribution in [1.82, 2.24) is 9.97 Å². The summed E-state index contributed by atoms with van der Waals surface area (Å²) < 4.78 is 5.19. The molecule has 1 unspecified atom stereocenters. The predicted molar refractivity (Wildman–Crippen MR) is 67.0 cm³/mol. The molecule has 1 aromatic carbocycles. The number of rotatable bonds is 4. The van der Waals surface area contributed by atoms with E-state index in [4.69, 9.17) is 10.5 Å². The Morgan fingerprint density at radius 2 is 2.29 bits per heavy atom. The number of hydrogen-bond donors (Lipinski definition) is 2. The van der Waals surface area contributed by atoms with E-state index >= 15 is 0 Å². The van der Waals surface area contributed by atoms with Crippen molar-refractivity contribution in [3.63, 3.8) is 0 Å².